The molecular weight excluding hydrogens is 396 g/mol. The molecule has 1 aliphatic rings. The van der Waals surface area contributed by atoms with Crippen molar-refractivity contribution in [3.05, 3.63) is 54.6 Å². The first-order valence-corrected chi connectivity index (χ1v) is 9.44. The van der Waals surface area contributed by atoms with Gasteiger partial charge >= 0.3 is 12.6 Å². The van der Waals surface area contributed by atoms with Crippen molar-refractivity contribution >= 4 is 11.7 Å². The predicted molar refractivity (Wildman–Crippen MR) is 103 cm³/mol. The molecule has 156 valence electrons. The van der Waals surface area contributed by atoms with E-state index in [4.69, 9.17) is 4.52 Å². The fourth-order valence-corrected chi connectivity index (χ4v) is 3.25. The van der Waals surface area contributed by atoms with Crippen LogP contribution in [-0.4, -0.2) is 45.8 Å². The minimum Gasteiger partial charge on any atom is -0.435 e. The second-order valence-electron chi connectivity index (χ2n) is 6.77. The molecule has 2 aromatic heterocycles. The van der Waals surface area contributed by atoms with E-state index in [1.165, 1.54) is 24.3 Å². The molecule has 1 aromatic carbocycles. The molecule has 0 aliphatic carbocycles. The number of anilines is 1. The van der Waals surface area contributed by atoms with Crippen molar-refractivity contribution in [3.63, 3.8) is 0 Å². The van der Waals surface area contributed by atoms with Gasteiger partial charge in [-0.25, -0.2) is 4.79 Å². The van der Waals surface area contributed by atoms with E-state index in [0.717, 1.165) is 0 Å². The van der Waals surface area contributed by atoms with E-state index in [1.54, 1.807) is 11.1 Å². The van der Waals surface area contributed by atoms with Crippen LogP contribution < -0.4 is 10.1 Å². The van der Waals surface area contributed by atoms with Crippen molar-refractivity contribution in [3.8, 4) is 17.3 Å². The number of amides is 2. The third-order valence-corrected chi connectivity index (χ3v) is 4.80. The van der Waals surface area contributed by atoms with Gasteiger partial charge in [-0.1, -0.05) is 11.2 Å². The molecule has 1 aliphatic heterocycles. The van der Waals surface area contributed by atoms with Gasteiger partial charge in [0, 0.05) is 30.9 Å². The number of pyridine rings is 1. The first-order valence-electron chi connectivity index (χ1n) is 9.44. The zero-order valence-electron chi connectivity index (χ0n) is 15.9. The number of ether oxygens (including phenoxy) is 1. The molecule has 1 saturated heterocycles. The number of hydrogen-bond acceptors (Lipinski definition) is 6. The highest BCUT2D eigenvalue weighted by molar-refractivity contribution is 5.89. The molecule has 30 heavy (non-hydrogen) atoms. The number of benzene rings is 1. The van der Waals surface area contributed by atoms with Gasteiger partial charge in [0.1, 0.15) is 11.4 Å². The van der Waals surface area contributed by atoms with Crippen molar-refractivity contribution in [1.29, 1.82) is 0 Å². The largest absolute Gasteiger partial charge is 0.435 e. The van der Waals surface area contributed by atoms with Crippen molar-refractivity contribution < 1.29 is 22.8 Å². The Balaban J connectivity index is 1.30. The summed E-state index contributed by atoms with van der Waals surface area (Å²) in [6.07, 6.45) is 3.05. The second-order valence-corrected chi connectivity index (χ2v) is 6.77. The zero-order valence-corrected chi connectivity index (χ0v) is 15.9. The van der Waals surface area contributed by atoms with Gasteiger partial charge in [0.25, 0.3) is 0 Å². The van der Waals surface area contributed by atoms with E-state index in [1.807, 2.05) is 18.2 Å². The Morgan fingerprint density at radius 1 is 1.17 bits per heavy atom. The lowest BCUT2D eigenvalue weighted by molar-refractivity contribution is -0.0498. The van der Waals surface area contributed by atoms with Crippen LogP contribution in [0.5, 0.6) is 5.75 Å². The average Bonchev–Trinajstić information content (AvgIpc) is 3.26. The number of nitrogens with one attached hydrogen (secondary N) is 1. The van der Waals surface area contributed by atoms with Gasteiger partial charge in [-0.2, -0.15) is 13.8 Å². The molecule has 0 unspecified atom stereocenters. The van der Waals surface area contributed by atoms with E-state index in [2.05, 4.69) is 25.2 Å². The number of hydrogen-bond donors (Lipinski definition) is 1. The first-order chi connectivity index (χ1) is 14.6. The summed E-state index contributed by atoms with van der Waals surface area (Å²) in [7, 11) is 0. The fourth-order valence-electron chi connectivity index (χ4n) is 3.25. The van der Waals surface area contributed by atoms with Crippen LogP contribution in [0.2, 0.25) is 0 Å². The lowest BCUT2D eigenvalue weighted by Gasteiger charge is -2.30. The summed E-state index contributed by atoms with van der Waals surface area (Å²) in [6.45, 7) is -1.82. The number of piperidine rings is 1. The molecule has 0 saturated carbocycles. The summed E-state index contributed by atoms with van der Waals surface area (Å²) in [5, 5.41) is 6.75. The lowest BCUT2D eigenvalue weighted by atomic mass is 9.97. The minimum atomic E-state index is -2.88. The zero-order chi connectivity index (χ0) is 20.9. The van der Waals surface area contributed by atoms with Crippen LogP contribution in [0, 0.1) is 0 Å². The molecule has 8 nitrogen and oxygen atoms in total. The molecular formula is C20H19F2N5O3. The fraction of sp³-hybridized carbons (Fsp3) is 0.300. The summed E-state index contributed by atoms with van der Waals surface area (Å²) in [6, 6.07) is 11.0. The molecule has 3 aromatic rings. The van der Waals surface area contributed by atoms with Crippen molar-refractivity contribution in [2.24, 2.45) is 0 Å². The lowest BCUT2D eigenvalue weighted by Crippen LogP contribution is -2.40. The minimum absolute atomic E-state index is 0.0356. The highest BCUT2D eigenvalue weighted by atomic mass is 19.3. The molecule has 4 rings (SSSR count). The van der Waals surface area contributed by atoms with Crippen LogP contribution in [0.3, 0.4) is 0 Å². The van der Waals surface area contributed by atoms with Crippen molar-refractivity contribution in [2.45, 2.75) is 25.4 Å². The smallest absolute Gasteiger partial charge is 0.387 e. The number of likely N-dealkylation sites (tertiary alicyclic amines) is 1. The SMILES string of the molecule is O=C(Nc1ccc(OC(F)F)cc1)N1CCC(c2nc(-c3ccccn3)no2)CC1. The molecule has 3 heterocycles. The Morgan fingerprint density at radius 3 is 2.60 bits per heavy atom. The van der Waals surface area contributed by atoms with Gasteiger partial charge in [-0.3, -0.25) is 4.98 Å². The van der Waals surface area contributed by atoms with E-state index in [9.17, 15) is 13.6 Å². The highest BCUT2D eigenvalue weighted by Crippen LogP contribution is 2.28. The summed E-state index contributed by atoms with van der Waals surface area (Å²) >= 11 is 0. The molecule has 0 radical (unpaired) electrons. The molecule has 2 amide bonds. The van der Waals surface area contributed by atoms with Crippen LogP contribution in [-0.2, 0) is 0 Å². The number of rotatable bonds is 5. The summed E-state index contributed by atoms with van der Waals surface area (Å²) in [5.41, 5.74) is 1.15. The summed E-state index contributed by atoms with van der Waals surface area (Å²) in [4.78, 5) is 22.8. The summed E-state index contributed by atoms with van der Waals surface area (Å²) in [5.74, 6) is 1.11. The van der Waals surface area contributed by atoms with Gasteiger partial charge in [0.15, 0.2) is 0 Å². The van der Waals surface area contributed by atoms with Crippen molar-refractivity contribution in [2.75, 3.05) is 18.4 Å². The number of urea groups is 1. The van der Waals surface area contributed by atoms with E-state index >= 15 is 0 Å². The third kappa shape index (κ3) is 4.70. The van der Waals surface area contributed by atoms with E-state index in [0.29, 0.717) is 49.0 Å². The number of halogens is 2. The van der Waals surface area contributed by atoms with Crippen LogP contribution in [0.15, 0.2) is 53.2 Å². The maximum atomic E-state index is 12.5. The van der Waals surface area contributed by atoms with Crippen LogP contribution in [0.4, 0.5) is 19.3 Å². The number of nitrogens with zero attached hydrogens (tertiary/aromatic N) is 4. The van der Waals surface area contributed by atoms with Crippen LogP contribution in [0.1, 0.15) is 24.7 Å². The average molecular weight is 415 g/mol. The van der Waals surface area contributed by atoms with Gasteiger partial charge < -0.3 is 19.5 Å². The molecule has 1 fully saturated rings. The summed E-state index contributed by atoms with van der Waals surface area (Å²) < 4.78 is 34.1. The Labute approximate surface area is 170 Å². The number of alkyl halides is 2. The maximum Gasteiger partial charge on any atom is 0.387 e. The molecule has 1 N–H and O–H groups in total. The molecule has 0 bridgehead atoms. The molecule has 10 heteroatoms. The van der Waals surface area contributed by atoms with Crippen LogP contribution >= 0.6 is 0 Å². The van der Waals surface area contributed by atoms with E-state index in [-0.39, 0.29) is 17.7 Å². The predicted octanol–water partition coefficient (Wildman–Crippen LogP) is 4.14. The second kappa shape index (κ2) is 8.85. The monoisotopic (exact) mass is 415 g/mol. The highest BCUT2D eigenvalue weighted by Gasteiger charge is 2.28. The Hall–Kier alpha value is -3.56. The normalized spacial score (nSPS) is 14.7. The van der Waals surface area contributed by atoms with Gasteiger partial charge in [0.05, 0.1) is 0 Å². The number of aromatic nitrogens is 3. The quantitative estimate of drug-likeness (QED) is 0.673. The topological polar surface area (TPSA) is 93.4 Å². The third-order valence-electron chi connectivity index (χ3n) is 4.80. The standard InChI is InChI=1S/C20H19F2N5O3/c21-19(22)29-15-6-4-14(5-7-15)24-20(28)27-11-8-13(9-12-27)18-25-17(26-30-18)16-3-1-2-10-23-16/h1-7,10,13,19H,8-9,11-12H2,(H,24,28). The van der Waals surface area contributed by atoms with Crippen LogP contribution in [0.25, 0.3) is 11.5 Å². The van der Waals surface area contributed by atoms with Gasteiger partial charge in [0.2, 0.25) is 11.7 Å². The molecule has 0 atom stereocenters. The Morgan fingerprint density at radius 2 is 1.93 bits per heavy atom. The Kier molecular flexibility index (Phi) is 5.82. The molecule has 0 spiro atoms. The first kappa shape index (κ1) is 19.7. The van der Waals surface area contributed by atoms with Gasteiger partial charge in [-0.05, 0) is 49.2 Å². The van der Waals surface area contributed by atoms with Crippen molar-refractivity contribution in [1.82, 2.24) is 20.0 Å². The Bertz CT molecular complexity index is 974. The van der Waals surface area contributed by atoms with Gasteiger partial charge in [-0.15, -0.1) is 0 Å². The maximum absolute atomic E-state index is 12.5. The number of carbonyl (C=O) groups is 1. The number of carbonyl (C=O) groups excluding carboxylic acids is 1. The van der Waals surface area contributed by atoms with E-state index < -0.39 is 6.61 Å².